The van der Waals surface area contributed by atoms with Crippen LogP contribution in [0.25, 0.3) is 17.1 Å². The normalized spacial score (nSPS) is 15.1. The molecule has 14 heteroatoms. The van der Waals surface area contributed by atoms with Crippen LogP contribution in [0.2, 0.25) is 0 Å². The number of amidine groups is 1. The second kappa shape index (κ2) is 12.1. The zero-order chi connectivity index (χ0) is 30.7. The molecule has 3 aromatic carbocycles. The number of aliphatic imine (C=N–C) groups is 1. The highest BCUT2D eigenvalue weighted by Gasteiger charge is 2.33. The van der Waals surface area contributed by atoms with Crippen LogP contribution in [0.1, 0.15) is 23.5 Å². The largest absolute Gasteiger partial charge is 0.573 e. The molecule has 1 aromatic heterocycles. The molecule has 5 rings (SSSR count). The number of carboxylic acids is 1. The maximum Gasteiger partial charge on any atom is 0.573 e. The molecular weight excluding hydrogens is 587 g/mol. The van der Waals surface area contributed by atoms with Crippen molar-refractivity contribution in [1.29, 1.82) is 0 Å². The number of hydrogen-bond donors (Lipinski definition) is 1. The summed E-state index contributed by atoms with van der Waals surface area (Å²) in [6.45, 7) is 1.84. The Morgan fingerprint density at radius 3 is 2.42 bits per heavy atom. The summed E-state index contributed by atoms with van der Waals surface area (Å²) in [5, 5.41) is 14.4. The Balaban J connectivity index is 1.29. The number of aliphatic carboxylic acids is 1. The monoisotopic (exact) mass is 609 g/mol. The summed E-state index contributed by atoms with van der Waals surface area (Å²) in [5.74, 6) is -3.28. The summed E-state index contributed by atoms with van der Waals surface area (Å²) in [4.78, 5) is 47.2. The molecule has 0 aliphatic carbocycles. The van der Waals surface area contributed by atoms with E-state index in [4.69, 9.17) is 0 Å². The van der Waals surface area contributed by atoms with Gasteiger partial charge in [0.25, 0.3) is 0 Å². The van der Waals surface area contributed by atoms with Gasteiger partial charge in [-0.05, 0) is 48.4 Å². The molecule has 0 radical (unpaired) electrons. The van der Waals surface area contributed by atoms with Crippen LogP contribution in [-0.4, -0.2) is 54.9 Å². The van der Waals surface area contributed by atoms with Gasteiger partial charge in [-0.15, -0.1) is 18.3 Å². The van der Waals surface area contributed by atoms with Gasteiger partial charge in [0.05, 0.1) is 23.0 Å². The van der Waals surface area contributed by atoms with E-state index in [0.29, 0.717) is 22.5 Å². The number of alkyl halides is 3. The van der Waals surface area contributed by atoms with Gasteiger partial charge in [-0.2, -0.15) is 4.99 Å². The first-order valence-electron chi connectivity index (χ1n) is 12.7. The van der Waals surface area contributed by atoms with Crippen molar-refractivity contribution < 1.29 is 37.4 Å². The fraction of sp³-hybridized carbons (Fsp3) is 0.172. The van der Waals surface area contributed by atoms with E-state index in [1.807, 2.05) is 19.1 Å². The summed E-state index contributed by atoms with van der Waals surface area (Å²) in [6.07, 6.45) is -3.84. The van der Waals surface area contributed by atoms with Gasteiger partial charge in [0.2, 0.25) is 11.8 Å². The zero-order valence-electron chi connectivity index (χ0n) is 22.4. The van der Waals surface area contributed by atoms with E-state index < -0.39 is 30.6 Å². The van der Waals surface area contributed by atoms with Gasteiger partial charge >= 0.3 is 12.3 Å². The highest BCUT2D eigenvalue weighted by molar-refractivity contribution is 8.15. The molecule has 2 amide bonds. The van der Waals surface area contributed by atoms with Crippen LogP contribution in [0, 0.1) is 6.92 Å². The summed E-state index contributed by atoms with van der Waals surface area (Å²) < 4.78 is 42.4. The number of carbonyl (C=O) groups excluding carboxylic acids is 2. The first-order valence-corrected chi connectivity index (χ1v) is 13.7. The summed E-state index contributed by atoms with van der Waals surface area (Å²) >= 11 is 1.12. The van der Waals surface area contributed by atoms with E-state index >= 15 is 0 Å². The third-order valence-corrected chi connectivity index (χ3v) is 7.34. The molecule has 0 bridgehead atoms. The molecule has 4 aromatic rings. The molecule has 1 saturated heterocycles. The second-order valence-corrected chi connectivity index (χ2v) is 10.3. The number of carboxylic acid groups (broad SMARTS) is 1. The van der Waals surface area contributed by atoms with Crippen molar-refractivity contribution in [2.75, 3.05) is 10.7 Å². The second-order valence-electron chi connectivity index (χ2n) is 9.36. The van der Waals surface area contributed by atoms with Crippen LogP contribution in [0.3, 0.4) is 0 Å². The number of hydrogen-bond acceptors (Lipinski definition) is 7. The van der Waals surface area contributed by atoms with Crippen molar-refractivity contribution in [3.63, 3.8) is 0 Å². The molecule has 2 heterocycles. The van der Waals surface area contributed by atoms with Crippen molar-refractivity contribution in [2.45, 2.75) is 25.6 Å². The van der Waals surface area contributed by atoms with Crippen molar-refractivity contribution in [1.82, 2.24) is 14.8 Å². The van der Waals surface area contributed by atoms with Crippen LogP contribution in [0.4, 0.5) is 18.9 Å². The Morgan fingerprint density at radius 1 is 1.07 bits per heavy atom. The smallest absolute Gasteiger partial charge is 0.481 e. The number of halogens is 3. The highest BCUT2D eigenvalue weighted by Crippen LogP contribution is 2.30. The van der Waals surface area contributed by atoms with Crippen LogP contribution >= 0.6 is 11.8 Å². The maximum atomic E-state index is 12.9. The number of aryl methyl sites for hydroxylation is 1. The molecule has 43 heavy (non-hydrogen) atoms. The summed E-state index contributed by atoms with van der Waals surface area (Å²) in [7, 11) is 0. The first kappa shape index (κ1) is 29.5. The maximum absolute atomic E-state index is 12.9. The summed E-state index contributed by atoms with van der Waals surface area (Å²) in [6, 6.07) is 18.6. The van der Waals surface area contributed by atoms with Gasteiger partial charge in [-0.1, -0.05) is 54.2 Å². The van der Waals surface area contributed by atoms with Crippen LogP contribution < -0.4 is 9.64 Å². The van der Waals surface area contributed by atoms with E-state index in [9.17, 15) is 32.7 Å². The molecule has 1 unspecified atom stereocenters. The lowest BCUT2D eigenvalue weighted by molar-refractivity contribution is -0.274. The number of carbonyl (C=O) groups is 3. The third-order valence-electron chi connectivity index (χ3n) is 6.42. The third kappa shape index (κ3) is 6.92. The first-order chi connectivity index (χ1) is 20.5. The van der Waals surface area contributed by atoms with E-state index in [2.05, 4.69) is 19.8 Å². The van der Waals surface area contributed by atoms with Gasteiger partial charge in [0, 0.05) is 12.0 Å². The molecule has 1 aliphatic rings. The number of ether oxygens (including phenoxy) is 1. The van der Waals surface area contributed by atoms with Crippen molar-refractivity contribution in [3.8, 4) is 22.8 Å². The minimum atomic E-state index is -4.80. The average Bonchev–Trinajstić information content (AvgIpc) is 3.59. The van der Waals surface area contributed by atoms with Crippen LogP contribution in [0.15, 0.2) is 84.1 Å². The molecule has 0 saturated carbocycles. The standard InChI is InChI=1S/C29H22F3N5O5S/c1-17-4-2-3-5-23(17)37-25(39)15-43-28(37)34-24(38)14-22(27(40)41)18-6-8-19(9-7-18)26-33-16-36(35-26)20-10-12-21(13-11-20)42-29(30,31)32/h2-13,16,22H,14-15H2,1H3,(H,40,41). The quantitative estimate of drug-likeness (QED) is 0.283. The van der Waals surface area contributed by atoms with Gasteiger partial charge in [-0.3, -0.25) is 19.3 Å². The van der Waals surface area contributed by atoms with Crippen LogP contribution in [-0.2, 0) is 14.4 Å². The zero-order valence-corrected chi connectivity index (χ0v) is 23.2. The highest BCUT2D eigenvalue weighted by atomic mass is 32.2. The van der Waals surface area contributed by atoms with E-state index in [1.165, 1.54) is 28.0 Å². The minimum absolute atomic E-state index is 0.117. The Hall–Kier alpha value is -4.98. The number of amides is 2. The lowest BCUT2D eigenvalue weighted by Crippen LogP contribution is -2.30. The Bertz CT molecular complexity index is 1700. The number of aromatic nitrogens is 3. The minimum Gasteiger partial charge on any atom is -0.481 e. The molecule has 10 nitrogen and oxygen atoms in total. The lowest BCUT2D eigenvalue weighted by atomic mass is 9.94. The molecule has 1 fully saturated rings. The SMILES string of the molecule is Cc1ccccc1N1C(=O)CSC1=NC(=O)CC(C(=O)O)c1ccc(-c2ncn(-c3ccc(OC(F)(F)F)cc3)n2)cc1. The summed E-state index contributed by atoms with van der Waals surface area (Å²) in [5.41, 5.74) is 2.78. The fourth-order valence-corrected chi connectivity index (χ4v) is 5.23. The number of nitrogens with zero attached hydrogens (tertiary/aromatic N) is 5. The van der Waals surface area contributed by atoms with Gasteiger partial charge < -0.3 is 9.84 Å². The van der Waals surface area contributed by atoms with Gasteiger partial charge in [-0.25, -0.2) is 9.67 Å². The molecule has 220 valence electrons. The number of anilines is 1. The molecule has 0 spiro atoms. The van der Waals surface area contributed by atoms with E-state index in [0.717, 1.165) is 29.5 Å². The topological polar surface area (TPSA) is 127 Å². The van der Waals surface area contributed by atoms with Gasteiger partial charge in [0.1, 0.15) is 12.1 Å². The predicted molar refractivity (Wildman–Crippen MR) is 152 cm³/mol. The average molecular weight is 610 g/mol. The molecule has 1 aliphatic heterocycles. The number of para-hydroxylation sites is 1. The van der Waals surface area contributed by atoms with Gasteiger partial charge in [0.15, 0.2) is 11.0 Å². The van der Waals surface area contributed by atoms with Crippen LogP contribution in [0.5, 0.6) is 5.75 Å². The van der Waals surface area contributed by atoms with Crippen molar-refractivity contribution >= 4 is 40.4 Å². The van der Waals surface area contributed by atoms with E-state index in [1.54, 1.807) is 36.4 Å². The van der Waals surface area contributed by atoms with Crippen molar-refractivity contribution in [3.05, 3.63) is 90.3 Å². The molecular formula is C29H22F3N5O5S. The fourth-order valence-electron chi connectivity index (χ4n) is 4.36. The lowest BCUT2D eigenvalue weighted by Gasteiger charge is -2.18. The Kier molecular flexibility index (Phi) is 8.30. The molecule has 1 atom stereocenters. The number of benzene rings is 3. The molecule has 1 N–H and O–H groups in total. The van der Waals surface area contributed by atoms with E-state index in [-0.39, 0.29) is 28.4 Å². The number of rotatable bonds is 8. The van der Waals surface area contributed by atoms with Crippen molar-refractivity contribution in [2.24, 2.45) is 4.99 Å². The Morgan fingerprint density at radius 2 is 1.77 bits per heavy atom. The number of thioether (sulfide) groups is 1. The Labute approximate surface area is 246 Å². The predicted octanol–water partition coefficient (Wildman–Crippen LogP) is 5.36.